The third-order valence-corrected chi connectivity index (χ3v) is 6.09. The monoisotopic (exact) mass is 420 g/mol. The largest absolute Gasteiger partial charge is 0.399 e. The first-order valence-corrected chi connectivity index (χ1v) is 10.0. The number of aromatic nitrogens is 1. The van der Waals surface area contributed by atoms with E-state index in [1.807, 2.05) is 25.2 Å². The van der Waals surface area contributed by atoms with Crippen LogP contribution in [0.15, 0.2) is 35.4 Å². The number of hydrogen-bond acceptors (Lipinski definition) is 4. The number of nitrogens with zero attached hydrogens (tertiary/aromatic N) is 3. The van der Waals surface area contributed by atoms with Crippen LogP contribution in [0.25, 0.3) is 10.9 Å². The topological polar surface area (TPSA) is 57.6 Å². The first-order valence-electron chi connectivity index (χ1n) is 10.0. The van der Waals surface area contributed by atoms with Crippen LogP contribution in [0.1, 0.15) is 50.2 Å². The Kier molecular flexibility index (Phi) is 5.80. The van der Waals surface area contributed by atoms with Crippen LogP contribution in [0, 0.1) is 5.92 Å². The number of hydrogen-bond donors (Lipinski definition) is 1. The van der Waals surface area contributed by atoms with E-state index < -0.39 is 11.6 Å². The van der Waals surface area contributed by atoms with Crippen molar-refractivity contribution in [3.05, 3.63) is 41.6 Å². The maximum absolute atomic E-state index is 13.3. The summed E-state index contributed by atoms with van der Waals surface area (Å²) in [5.41, 5.74) is -1.24. The van der Waals surface area contributed by atoms with Crippen LogP contribution in [-0.4, -0.2) is 47.4 Å². The molecular weight excluding hydrogens is 393 g/mol. The predicted molar refractivity (Wildman–Crippen MR) is 112 cm³/mol. The fourth-order valence-electron chi connectivity index (χ4n) is 3.58. The van der Waals surface area contributed by atoms with Gasteiger partial charge in [-0.1, -0.05) is 13.0 Å². The molecular formula is C22H27F3N4O. The number of amides is 1. The molecule has 0 radical (unpaired) electrons. The van der Waals surface area contributed by atoms with Crippen LogP contribution in [0.4, 0.5) is 13.2 Å². The molecule has 1 N–H and O–H groups in total. The Balaban J connectivity index is 1.82. The highest BCUT2D eigenvalue weighted by molar-refractivity contribution is 5.98. The molecule has 3 atom stereocenters. The highest BCUT2D eigenvalue weighted by Gasteiger charge is 2.49. The molecule has 0 saturated heterocycles. The van der Waals surface area contributed by atoms with Gasteiger partial charge in [0.1, 0.15) is 5.41 Å². The van der Waals surface area contributed by atoms with E-state index in [1.165, 1.54) is 6.07 Å². The minimum atomic E-state index is -4.41. The molecule has 0 saturated carbocycles. The van der Waals surface area contributed by atoms with Gasteiger partial charge >= 0.3 is 6.18 Å². The average Bonchev–Trinajstić information content (AvgIpc) is 3.02. The highest BCUT2D eigenvalue weighted by Crippen LogP contribution is 2.40. The minimum absolute atomic E-state index is 0.0515. The number of hydrazone groups is 1. The molecule has 3 rings (SSSR count). The van der Waals surface area contributed by atoms with Crippen LogP contribution in [0.3, 0.4) is 0 Å². The Morgan fingerprint density at radius 2 is 1.93 bits per heavy atom. The Morgan fingerprint density at radius 1 is 1.23 bits per heavy atom. The molecule has 1 aliphatic rings. The summed E-state index contributed by atoms with van der Waals surface area (Å²) >= 11 is 0. The quantitative estimate of drug-likeness (QED) is 0.774. The molecule has 2 unspecified atom stereocenters. The second-order valence-corrected chi connectivity index (χ2v) is 8.37. The SMILES string of the molecule is CC[C@@H](NC(=O)c1ccc2nc(C(C)(C)C(F)(F)F)ccc2c1)C1C=NN(C)C1C. The number of pyridine rings is 1. The van der Waals surface area contributed by atoms with E-state index in [0.29, 0.717) is 16.5 Å². The molecule has 1 aromatic heterocycles. The van der Waals surface area contributed by atoms with E-state index in [2.05, 4.69) is 22.3 Å². The Bertz CT molecular complexity index is 970. The molecule has 0 fully saturated rings. The van der Waals surface area contributed by atoms with Gasteiger partial charge in [0.15, 0.2) is 0 Å². The summed E-state index contributed by atoms with van der Waals surface area (Å²) in [5.74, 6) is -0.114. The predicted octanol–water partition coefficient (Wildman–Crippen LogP) is 4.52. The fourth-order valence-corrected chi connectivity index (χ4v) is 3.58. The van der Waals surface area contributed by atoms with E-state index >= 15 is 0 Å². The number of alkyl halides is 3. The van der Waals surface area contributed by atoms with Crippen molar-refractivity contribution in [3.63, 3.8) is 0 Å². The number of halogens is 3. The van der Waals surface area contributed by atoms with Gasteiger partial charge in [0.2, 0.25) is 0 Å². The summed E-state index contributed by atoms with van der Waals surface area (Å²) in [6, 6.07) is 7.93. The molecule has 2 aromatic rings. The van der Waals surface area contributed by atoms with E-state index in [-0.39, 0.29) is 29.6 Å². The number of rotatable bonds is 5. The first-order chi connectivity index (χ1) is 14.0. The molecule has 0 spiro atoms. The first kappa shape index (κ1) is 22.1. The van der Waals surface area contributed by atoms with E-state index in [0.717, 1.165) is 20.3 Å². The van der Waals surface area contributed by atoms with E-state index in [4.69, 9.17) is 0 Å². The lowest BCUT2D eigenvalue weighted by Crippen LogP contribution is -2.45. The van der Waals surface area contributed by atoms with Crippen molar-refractivity contribution in [2.24, 2.45) is 11.0 Å². The van der Waals surface area contributed by atoms with Crippen LogP contribution in [0.5, 0.6) is 0 Å². The van der Waals surface area contributed by atoms with E-state index in [1.54, 1.807) is 24.3 Å². The van der Waals surface area contributed by atoms with Crippen molar-refractivity contribution in [1.82, 2.24) is 15.3 Å². The van der Waals surface area contributed by atoms with Crippen molar-refractivity contribution in [2.75, 3.05) is 7.05 Å². The molecule has 1 amide bonds. The van der Waals surface area contributed by atoms with Crippen LogP contribution in [0.2, 0.25) is 0 Å². The number of nitrogens with one attached hydrogen (secondary N) is 1. The van der Waals surface area contributed by atoms with Gasteiger partial charge in [-0.15, -0.1) is 0 Å². The summed E-state index contributed by atoms with van der Waals surface area (Å²) in [6.45, 7) is 6.30. The zero-order valence-corrected chi connectivity index (χ0v) is 17.8. The Labute approximate surface area is 174 Å². The Morgan fingerprint density at radius 3 is 2.50 bits per heavy atom. The molecule has 30 heavy (non-hydrogen) atoms. The number of carbonyl (C=O) groups excluding carboxylic acids is 1. The summed E-state index contributed by atoms with van der Waals surface area (Å²) in [7, 11) is 1.90. The second kappa shape index (κ2) is 7.89. The number of benzene rings is 1. The van der Waals surface area contributed by atoms with Crippen molar-refractivity contribution < 1.29 is 18.0 Å². The van der Waals surface area contributed by atoms with Crippen molar-refractivity contribution >= 4 is 23.0 Å². The third kappa shape index (κ3) is 4.00. The lowest BCUT2D eigenvalue weighted by molar-refractivity contribution is -0.181. The van der Waals surface area contributed by atoms with Crippen LogP contribution in [-0.2, 0) is 5.41 Å². The number of fused-ring (bicyclic) bond motifs is 1. The smallest absolute Gasteiger partial charge is 0.349 e. The molecule has 2 heterocycles. The van der Waals surface area contributed by atoms with Gasteiger partial charge in [0, 0.05) is 36.2 Å². The zero-order chi connectivity index (χ0) is 22.3. The molecule has 162 valence electrons. The summed E-state index contributed by atoms with van der Waals surface area (Å²) < 4.78 is 40.0. The third-order valence-electron chi connectivity index (χ3n) is 6.09. The number of carbonyl (C=O) groups is 1. The van der Waals surface area contributed by atoms with Gasteiger partial charge in [0.05, 0.1) is 17.3 Å². The van der Waals surface area contributed by atoms with Crippen molar-refractivity contribution in [3.8, 4) is 0 Å². The van der Waals surface area contributed by atoms with Crippen molar-refractivity contribution in [2.45, 2.75) is 57.8 Å². The maximum Gasteiger partial charge on any atom is 0.399 e. The zero-order valence-electron chi connectivity index (χ0n) is 17.8. The maximum atomic E-state index is 13.3. The van der Waals surface area contributed by atoms with Gasteiger partial charge in [-0.05, 0) is 51.5 Å². The Hall–Kier alpha value is -2.64. The highest BCUT2D eigenvalue weighted by atomic mass is 19.4. The molecule has 1 aliphatic heterocycles. The molecule has 0 bridgehead atoms. The van der Waals surface area contributed by atoms with Gasteiger partial charge in [-0.2, -0.15) is 18.3 Å². The molecule has 1 aromatic carbocycles. The average molecular weight is 420 g/mol. The van der Waals surface area contributed by atoms with Gasteiger partial charge < -0.3 is 5.32 Å². The summed E-state index contributed by atoms with van der Waals surface area (Å²) in [6.07, 6.45) is -1.78. The molecule has 0 aliphatic carbocycles. The van der Waals surface area contributed by atoms with Gasteiger partial charge in [-0.25, -0.2) is 0 Å². The molecule has 5 nitrogen and oxygen atoms in total. The normalized spacial score (nSPS) is 20.6. The standard InChI is InChI=1S/C22H27F3N4O/c1-6-17(16-12-26-29(5)13(16)2)28-20(30)15-7-9-18-14(11-15)8-10-19(27-18)21(3,4)22(23,24)25/h7-13,16-17H,6H2,1-5H3,(H,28,30)/t13?,16?,17-/m1/s1. The minimum Gasteiger partial charge on any atom is -0.349 e. The van der Waals surface area contributed by atoms with Crippen LogP contribution >= 0.6 is 0 Å². The van der Waals surface area contributed by atoms with Gasteiger partial charge in [-0.3, -0.25) is 14.8 Å². The fraction of sp³-hybridized carbons (Fsp3) is 0.500. The van der Waals surface area contributed by atoms with Crippen LogP contribution < -0.4 is 5.32 Å². The summed E-state index contributed by atoms with van der Waals surface area (Å²) in [4.78, 5) is 17.0. The van der Waals surface area contributed by atoms with Crippen molar-refractivity contribution in [1.29, 1.82) is 0 Å². The summed E-state index contributed by atoms with van der Waals surface area (Å²) in [5, 5.41) is 9.87. The second-order valence-electron chi connectivity index (χ2n) is 8.37. The van der Waals surface area contributed by atoms with E-state index in [9.17, 15) is 18.0 Å². The molecule has 8 heteroatoms. The lowest BCUT2D eigenvalue weighted by Gasteiger charge is -2.28. The van der Waals surface area contributed by atoms with Gasteiger partial charge in [0.25, 0.3) is 5.91 Å². The lowest BCUT2D eigenvalue weighted by atomic mass is 9.87.